The Bertz CT molecular complexity index is 762. The Labute approximate surface area is 138 Å². The van der Waals surface area contributed by atoms with Crippen molar-refractivity contribution in [2.75, 3.05) is 11.9 Å². The summed E-state index contributed by atoms with van der Waals surface area (Å²) in [5.41, 5.74) is 1.98. The maximum Gasteiger partial charge on any atom is 0.272 e. The summed E-state index contributed by atoms with van der Waals surface area (Å²) in [5, 5.41) is 14.0. The predicted molar refractivity (Wildman–Crippen MR) is 88.1 cm³/mol. The van der Waals surface area contributed by atoms with E-state index in [0.717, 1.165) is 5.56 Å². The van der Waals surface area contributed by atoms with E-state index in [-0.39, 0.29) is 18.2 Å². The van der Waals surface area contributed by atoms with E-state index in [1.54, 1.807) is 25.1 Å². The molecule has 0 radical (unpaired) electrons. The lowest BCUT2D eigenvalue weighted by molar-refractivity contribution is -0.385. The van der Waals surface area contributed by atoms with Gasteiger partial charge in [-0.1, -0.05) is 17.7 Å². The third-order valence-electron chi connectivity index (χ3n) is 3.21. The minimum absolute atomic E-state index is 0.0105. The van der Waals surface area contributed by atoms with Gasteiger partial charge in [0.15, 0.2) is 6.61 Å². The molecule has 0 atom stereocenters. The van der Waals surface area contributed by atoms with Crippen LogP contribution in [0.15, 0.2) is 36.4 Å². The zero-order chi connectivity index (χ0) is 17.0. The lowest BCUT2D eigenvalue weighted by Gasteiger charge is -2.10. The number of nitro groups is 1. The second kappa shape index (κ2) is 7.11. The molecule has 0 saturated heterocycles. The summed E-state index contributed by atoms with van der Waals surface area (Å²) in [6.45, 7) is 3.26. The molecule has 0 bridgehead atoms. The minimum Gasteiger partial charge on any atom is -0.484 e. The zero-order valence-corrected chi connectivity index (χ0v) is 13.4. The van der Waals surface area contributed by atoms with E-state index >= 15 is 0 Å². The van der Waals surface area contributed by atoms with Crippen LogP contribution in [0.3, 0.4) is 0 Å². The number of aryl methyl sites for hydroxylation is 2. The molecule has 0 aromatic heterocycles. The molecular weight excluding hydrogens is 320 g/mol. The van der Waals surface area contributed by atoms with Gasteiger partial charge in [-0.25, -0.2) is 0 Å². The van der Waals surface area contributed by atoms with Gasteiger partial charge in [0.2, 0.25) is 0 Å². The van der Waals surface area contributed by atoms with Crippen LogP contribution >= 0.6 is 11.6 Å². The SMILES string of the molecule is Cc1ccc(Cl)cc1NC(=O)COc1ccc([N+](=O)[O-])c(C)c1. The lowest BCUT2D eigenvalue weighted by atomic mass is 10.2. The number of carbonyl (C=O) groups is 1. The smallest absolute Gasteiger partial charge is 0.272 e. The highest BCUT2D eigenvalue weighted by Gasteiger charge is 2.12. The highest BCUT2D eigenvalue weighted by atomic mass is 35.5. The number of carbonyl (C=O) groups excluding carboxylic acids is 1. The Kier molecular flexibility index (Phi) is 5.18. The van der Waals surface area contributed by atoms with E-state index < -0.39 is 4.92 Å². The fourth-order valence-corrected chi connectivity index (χ4v) is 2.16. The van der Waals surface area contributed by atoms with Crippen LogP contribution in [0.4, 0.5) is 11.4 Å². The van der Waals surface area contributed by atoms with Gasteiger partial charge < -0.3 is 10.1 Å². The van der Waals surface area contributed by atoms with Gasteiger partial charge in [0, 0.05) is 22.3 Å². The van der Waals surface area contributed by atoms with Crippen LogP contribution in [-0.2, 0) is 4.79 Å². The van der Waals surface area contributed by atoms with Crippen molar-refractivity contribution in [2.24, 2.45) is 0 Å². The highest BCUT2D eigenvalue weighted by Crippen LogP contribution is 2.23. The molecule has 0 aliphatic heterocycles. The summed E-state index contributed by atoms with van der Waals surface area (Å²) >= 11 is 5.89. The normalized spacial score (nSPS) is 10.2. The second-order valence-electron chi connectivity index (χ2n) is 5.00. The summed E-state index contributed by atoms with van der Waals surface area (Å²) in [6.07, 6.45) is 0. The third kappa shape index (κ3) is 4.43. The van der Waals surface area contributed by atoms with E-state index in [1.807, 2.05) is 6.92 Å². The van der Waals surface area contributed by atoms with Crippen LogP contribution in [0.2, 0.25) is 5.02 Å². The van der Waals surface area contributed by atoms with E-state index in [2.05, 4.69) is 5.32 Å². The Morgan fingerprint density at radius 2 is 1.96 bits per heavy atom. The van der Waals surface area contributed by atoms with Crippen molar-refractivity contribution >= 4 is 28.9 Å². The van der Waals surface area contributed by atoms with E-state index in [0.29, 0.717) is 22.0 Å². The average Bonchev–Trinajstić information content (AvgIpc) is 2.48. The number of hydrogen-bond acceptors (Lipinski definition) is 4. The number of anilines is 1. The molecule has 7 heteroatoms. The largest absolute Gasteiger partial charge is 0.484 e. The lowest BCUT2D eigenvalue weighted by Crippen LogP contribution is -2.20. The molecule has 0 heterocycles. The van der Waals surface area contributed by atoms with E-state index in [1.165, 1.54) is 18.2 Å². The van der Waals surface area contributed by atoms with Gasteiger partial charge in [-0.05, 0) is 43.7 Å². The molecule has 0 saturated carbocycles. The van der Waals surface area contributed by atoms with Crippen molar-refractivity contribution in [1.29, 1.82) is 0 Å². The number of ether oxygens (including phenoxy) is 1. The molecule has 0 aliphatic carbocycles. The van der Waals surface area contributed by atoms with E-state index in [4.69, 9.17) is 16.3 Å². The van der Waals surface area contributed by atoms with Crippen LogP contribution in [0.25, 0.3) is 0 Å². The molecule has 0 aliphatic rings. The van der Waals surface area contributed by atoms with Crippen molar-refractivity contribution in [3.05, 3.63) is 62.7 Å². The Morgan fingerprint density at radius 1 is 1.22 bits per heavy atom. The van der Waals surface area contributed by atoms with Crippen LogP contribution in [0.5, 0.6) is 5.75 Å². The molecule has 1 N–H and O–H groups in total. The van der Waals surface area contributed by atoms with Gasteiger partial charge >= 0.3 is 0 Å². The van der Waals surface area contributed by atoms with Crippen molar-refractivity contribution in [2.45, 2.75) is 13.8 Å². The van der Waals surface area contributed by atoms with Gasteiger partial charge in [0.05, 0.1) is 4.92 Å². The number of benzene rings is 2. The molecule has 1 amide bonds. The summed E-state index contributed by atoms with van der Waals surface area (Å²) < 4.78 is 5.36. The van der Waals surface area contributed by atoms with Gasteiger partial charge in [-0.2, -0.15) is 0 Å². The maximum absolute atomic E-state index is 11.9. The summed E-state index contributed by atoms with van der Waals surface area (Å²) in [6, 6.07) is 9.54. The third-order valence-corrected chi connectivity index (χ3v) is 3.44. The number of nitrogens with zero attached hydrogens (tertiary/aromatic N) is 1. The molecule has 0 spiro atoms. The van der Waals surface area contributed by atoms with E-state index in [9.17, 15) is 14.9 Å². The summed E-state index contributed by atoms with van der Waals surface area (Å²) in [4.78, 5) is 22.2. The molecule has 2 aromatic rings. The van der Waals surface area contributed by atoms with Gasteiger partial charge in [0.1, 0.15) is 5.75 Å². The second-order valence-corrected chi connectivity index (χ2v) is 5.44. The molecule has 120 valence electrons. The molecule has 2 aromatic carbocycles. The molecule has 23 heavy (non-hydrogen) atoms. The van der Waals surface area contributed by atoms with Crippen molar-refractivity contribution in [3.8, 4) is 5.75 Å². The molecule has 2 rings (SSSR count). The molecule has 6 nitrogen and oxygen atoms in total. The highest BCUT2D eigenvalue weighted by molar-refractivity contribution is 6.31. The van der Waals surface area contributed by atoms with Crippen LogP contribution in [-0.4, -0.2) is 17.4 Å². The van der Waals surface area contributed by atoms with Crippen molar-refractivity contribution in [1.82, 2.24) is 0 Å². The number of halogens is 1. The fourth-order valence-electron chi connectivity index (χ4n) is 1.99. The number of hydrogen-bond donors (Lipinski definition) is 1. The van der Waals surface area contributed by atoms with Gasteiger partial charge in [-0.15, -0.1) is 0 Å². The number of nitrogens with one attached hydrogen (secondary N) is 1. The fraction of sp³-hybridized carbons (Fsp3) is 0.188. The standard InChI is InChI=1S/C16H15ClN2O4/c1-10-3-4-12(17)8-14(10)18-16(20)9-23-13-5-6-15(19(21)22)11(2)7-13/h3-8H,9H2,1-2H3,(H,18,20). The maximum atomic E-state index is 11.9. The average molecular weight is 335 g/mol. The molecular formula is C16H15ClN2O4. The first-order chi connectivity index (χ1) is 10.9. The quantitative estimate of drug-likeness (QED) is 0.664. The minimum atomic E-state index is -0.465. The number of rotatable bonds is 5. The number of amides is 1. The van der Waals surface area contributed by atoms with Crippen LogP contribution in [0, 0.1) is 24.0 Å². The Balaban J connectivity index is 1.98. The topological polar surface area (TPSA) is 81.5 Å². The Hall–Kier alpha value is -2.60. The number of nitro benzene ring substituents is 1. The first kappa shape index (κ1) is 16.8. The van der Waals surface area contributed by atoms with Crippen molar-refractivity contribution < 1.29 is 14.5 Å². The zero-order valence-electron chi connectivity index (χ0n) is 12.6. The van der Waals surface area contributed by atoms with Gasteiger partial charge in [-0.3, -0.25) is 14.9 Å². The summed E-state index contributed by atoms with van der Waals surface area (Å²) in [7, 11) is 0. The van der Waals surface area contributed by atoms with Gasteiger partial charge in [0.25, 0.3) is 11.6 Å². The predicted octanol–water partition coefficient (Wildman–Crippen LogP) is 3.88. The Morgan fingerprint density at radius 3 is 2.61 bits per heavy atom. The monoisotopic (exact) mass is 334 g/mol. The van der Waals surface area contributed by atoms with Crippen molar-refractivity contribution in [3.63, 3.8) is 0 Å². The molecule has 0 unspecified atom stereocenters. The summed E-state index contributed by atoms with van der Waals surface area (Å²) in [5.74, 6) is 0.0532. The van der Waals surface area contributed by atoms with Crippen LogP contribution in [0.1, 0.15) is 11.1 Å². The van der Waals surface area contributed by atoms with Crippen LogP contribution < -0.4 is 10.1 Å². The first-order valence-corrected chi connectivity index (χ1v) is 7.18. The molecule has 0 fully saturated rings. The first-order valence-electron chi connectivity index (χ1n) is 6.80.